The topological polar surface area (TPSA) is 4.93 Å². The maximum atomic E-state index is 2.59. The number of hydrogen-bond donors (Lipinski definition) is 0. The van der Waals surface area contributed by atoms with Crippen LogP contribution >= 0.6 is 0 Å². The van der Waals surface area contributed by atoms with Crippen LogP contribution in [-0.4, -0.2) is 4.57 Å². The van der Waals surface area contributed by atoms with Crippen LogP contribution in [0, 0.1) is 0 Å². The number of fused-ring (bicyclic) bond motifs is 1. The van der Waals surface area contributed by atoms with E-state index in [9.17, 15) is 0 Å². The van der Waals surface area contributed by atoms with Crippen LogP contribution in [0.1, 0.15) is 50.4 Å². The Morgan fingerprint density at radius 2 is 1.90 bits per heavy atom. The van der Waals surface area contributed by atoms with Gasteiger partial charge in [-0.05, 0) is 37.3 Å². The summed E-state index contributed by atoms with van der Waals surface area (Å²) < 4.78 is 2.59. The Morgan fingerprint density at radius 1 is 1.05 bits per heavy atom. The molecule has 20 heavy (non-hydrogen) atoms. The van der Waals surface area contributed by atoms with Crippen LogP contribution in [-0.2, 0) is 19.4 Å². The fourth-order valence-electron chi connectivity index (χ4n) is 3.41. The number of rotatable bonds is 6. The first-order chi connectivity index (χ1) is 9.90. The van der Waals surface area contributed by atoms with Crippen LogP contribution in [0.4, 0.5) is 0 Å². The lowest BCUT2D eigenvalue weighted by Crippen LogP contribution is -1.99. The maximum absolute atomic E-state index is 2.59. The molecule has 0 saturated heterocycles. The zero-order chi connectivity index (χ0) is 13.8. The number of hydrogen-bond acceptors (Lipinski definition) is 0. The van der Waals surface area contributed by atoms with E-state index >= 15 is 0 Å². The molecule has 0 amide bonds. The molecule has 0 atom stereocenters. The van der Waals surface area contributed by atoms with E-state index in [4.69, 9.17) is 0 Å². The van der Waals surface area contributed by atoms with Crippen molar-refractivity contribution in [3.8, 4) is 11.1 Å². The first kappa shape index (κ1) is 13.5. The van der Waals surface area contributed by atoms with Gasteiger partial charge in [-0.15, -0.1) is 0 Å². The van der Waals surface area contributed by atoms with Crippen molar-refractivity contribution < 1.29 is 0 Å². The minimum Gasteiger partial charge on any atom is -0.348 e. The summed E-state index contributed by atoms with van der Waals surface area (Å²) in [5.41, 5.74) is 6.00. The van der Waals surface area contributed by atoms with E-state index < -0.39 is 0 Å². The van der Waals surface area contributed by atoms with Gasteiger partial charge in [-0.25, -0.2) is 0 Å². The molecule has 1 nitrogen and oxygen atoms in total. The highest BCUT2D eigenvalue weighted by atomic mass is 15.0. The molecular weight excluding hydrogens is 242 g/mol. The maximum Gasteiger partial charge on any atom is 0.0256 e. The third kappa shape index (κ3) is 2.67. The van der Waals surface area contributed by atoms with Gasteiger partial charge in [0.2, 0.25) is 0 Å². The molecule has 0 aliphatic carbocycles. The average Bonchev–Trinajstić information content (AvgIpc) is 3.07. The first-order valence-electron chi connectivity index (χ1n) is 8.17. The van der Waals surface area contributed by atoms with Crippen LogP contribution in [0.3, 0.4) is 0 Å². The van der Waals surface area contributed by atoms with Gasteiger partial charge in [0.15, 0.2) is 0 Å². The second-order valence-corrected chi connectivity index (χ2v) is 5.93. The minimum absolute atomic E-state index is 1.23. The van der Waals surface area contributed by atoms with Gasteiger partial charge in [-0.2, -0.15) is 0 Å². The standard InChI is InChI=1S/C19H25N/c1-2-3-4-8-12-17-15-18(16-10-6-5-7-11-16)19-13-9-14-20(17)19/h5-7,10-11,15H,2-4,8-9,12-14H2,1H3. The van der Waals surface area contributed by atoms with E-state index in [-0.39, 0.29) is 0 Å². The van der Waals surface area contributed by atoms with E-state index in [2.05, 4.69) is 47.9 Å². The molecule has 1 heteroatoms. The summed E-state index contributed by atoms with van der Waals surface area (Å²) in [7, 11) is 0. The molecule has 1 aliphatic heterocycles. The van der Waals surface area contributed by atoms with Crippen molar-refractivity contribution in [2.24, 2.45) is 0 Å². The molecule has 0 radical (unpaired) electrons. The number of unbranched alkanes of at least 4 members (excludes halogenated alkanes) is 3. The van der Waals surface area contributed by atoms with Gasteiger partial charge < -0.3 is 4.57 Å². The van der Waals surface area contributed by atoms with Crippen molar-refractivity contribution >= 4 is 0 Å². The van der Waals surface area contributed by atoms with Crippen molar-refractivity contribution in [3.05, 3.63) is 47.8 Å². The molecule has 0 unspecified atom stereocenters. The van der Waals surface area contributed by atoms with Crippen LogP contribution in [0.25, 0.3) is 11.1 Å². The summed E-state index contributed by atoms with van der Waals surface area (Å²) in [5, 5.41) is 0. The van der Waals surface area contributed by atoms with Crippen LogP contribution in [0.5, 0.6) is 0 Å². The third-order valence-corrected chi connectivity index (χ3v) is 4.46. The summed E-state index contributed by atoms with van der Waals surface area (Å²) in [6.07, 6.45) is 9.22. The third-order valence-electron chi connectivity index (χ3n) is 4.46. The Labute approximate surface area is 122 Å². The van der Waals surface area contributed by atoms with E-state index in [1.54, 1.807) is 11.4 Å². The van der Waals surface area contributed by atoms with Crippen molar-refractivity contribution in [2.75, 3.05) is 0 Å². The second-order valence-electron chi connectivity index (χ2n) is 5.93. The number of aromatic nitrogens is 1. The molecule has 0 bridgehead atoms. The summed E-state index contributed by atoms with van der Waals surface area (Å²) in [6, 6.07) is 13.3. The Morgan fingerprint density at radius 3 is 2.70 bits per heavy atom. The predicted molar refractivity (Wildman–Crippen MR) is 86.0 cm³/mol. The van der Waals surface area contributed by atoms with Gasteiger partial charge in [-0.3, -0.25) is 0 Å². The summed E-state index contributed by atoms with van der Waals surface area (Å²) in [6.45, 7) is 3.51. The van der Waals surface area contributed by atoms with Gasteiger partial charge in [0.25, 0.3) is 0 Å². The van der Waals surface area contributed by atoms with Crippen molar-refractivity contribution in [1.82, 2.24) is 4.57 Å². The van der Waals surface area contributed by atoms with Gasteiger partial charge >= 0.3 is 0 Å². The quantitative estimate of drug-likeness (QED) is 0.632. The molecule has 106 valence electrons. The highest BCUT2D eigenvalue weighted by Crippen LogP contribution is 2.32. The van der Waals surface area contributed by atoms with Gasteiger partial charge in [-0.1, -0.05) is 56.5 Å². The minimum atomic E-state index is 1.23. The van der Waals surface area contributed by atoms with E-state index in [1.165, 1.54) is 62.6 Å². The smallest absolute Gasteiger partial charge is 0.0256 e. The van der Waals surface area contributed by atoms with Crippen LogP contribution in [0.15, 0.2) is 36.4 Å². The lowest BCUT2D eigenvalue weighted by atomic mass is 10.0. The molecule has 0 N–H and O–H groups in total. The van der Waals surface area contributed by atoms with E-state index in [0.717, 1.165) is 0 Å². The van der Waals surface area contributed by atoms with Gasteiger partial charge in [0.1, 0.15) is 0 Å². The molecule has 0 spiro atoms. The summed E-state index contributed by atoms with van der Waals surface area (Å²) in [5.74, 6) is 0. The van der Waals surface area contributed by atoms with Crippen LogP contribution < -0.4 is 0 Å². The van der Waals surface area contributed by atoms with Gasteiger partial charge in [0.05, 0.1) is 0 Å². The average molecular weight is 267 g/mol. The first-order valence-corrected chi connectivity index (χ1v) is 8.17. The molecule has 1 aromatic heterocycles. The monoisotopic (exact) mass is 267 g/mol. The van der Waals surface area contributed by atoms with E-state index in [1.807, 2.05) is 0 Å². The molecule has 1 aliphatic rings. The zero-order valence-corrected chi connectivity index (χ0v) is 12.6. The molecule has 0 saturated carbocycles. The molecular formula is C19H25N. The van der Waals surface area contributed by atoms with Crippen LogP contribution in [0.2, 0.25) is 0 Å². The Hall–Kier alpha value is -1.50. The largest absolute Gasteiger partial charge is 0.348 e. The fourth-order valence-corrected chi connectivity index (χ4v) is 3.41. The molecule has 1 aromatic carbocycles. The Kier molecular flexibility index (Phi) is 4.25. The summed E-state index contributed by atoms with van der Waals surface area (Å²) >= 11 is 0. The Bertz CT molecular complexity index is 551. The SMILES string of the molecule is CCCCCCc1cc(-c2ccccc2)c2n1CCC2. The normalized spacial score (nSPS) is 13.7. The number of aryl methyl sites for hydroxylation is 1. The summed E-state index contributed by atoms with van der Waals surface area (Å²) in [4.78, 5) is 0. The van der Waals surface area contributed by atoms with Crippen molar-refractivity contribution in [1.29, 1.82) is 0 Å². The molecule has 2 aromatic rings. The highest BCUT2D eigenvalue weighted by molar-refractivity contribution is 5.68. The van der Waals surface area contributed by atoms with E-state index in [0.29, 0.717) is 0 Å². The molecule has 3 rings (SSSR count). The van der Waals surface area contributed by atoms with Crippen molar-refractivity contribution in [3.63, 3.8) is 0 Å². The molecule has 0 fully saturated rings. The lowest BCUT2D eigenvalue weighted by molar-refractivity contribution is 0.632. The number of nitrogens with zero attached hydrogens (tertiary/aromatic N) is 1. The van der Waals surface area contributed by atoms with Gasteiger partial charge in [0, 0.05) is 23.5 Å². The number of benzene rings is 1. The lowest BCUT2D eigenvalue weighted by Gasteiger charge is -2.05. The molecule has 2 heterocycles. The highest BCUT2D eigenvalue weighted by Gasteiger charge is 2.19. The van der Waals surface area contributed by atoms with Crippen molar-refractivity contribution in [2.45, 2.75) is 58.4 Å². The second kappa shape index (κ2) is 6.30. The predicted octanol–water partition coefficient (Wildman–Crippen LogP) is 5.22. The zero-order valence-electron chi connectivity index (χ0n) is 12.6. The Balaban J connectivity index is 1.82. The fraction of sp³-hybridized carbons (Fsp3) is 0.474.